The molecule has 1 atom stereocenters. The number of carbonyl (C=O) groups is 2. The summed E-state index contributed by atoms with van der Waals surface area (Å²) < 4.78 is 11.9. The summed E-state index contributed by atoms with van der Waals surface area (Å²) in [6.45, 7) is 6.18. The summed E-state index contributed by atoms with van der Waals surface area (Å²) in [6, 6.07) is 7.32. The summed E-state index contributed by atoms with van der Waals surface area (Å²) in [5.74, 6) is 1.40. The summed E-state index contributed by atoms with van der Waals surface area (Å²) in [7, 11) is 0. The van der Waals surface area contributed by atoms with Gasteiger partial charge in [-0.2, -0.15) is 0 Å². The number of para-hydroxylation sites is 2. The van der Waals surface area contributed by atoms with Crippen molar-refractivity contribution in [2.24, 2.45) is 5.92 Å². The van der Waals surface area contributed by atoms with Gasteiger partial charge in [-0.3, -0.25) is 9.59 Å². The molecule has 0 spiro atoms. The van der Waals surface area contributed by atoms with Crippen LogP contribution in [0.1, 0.15) is 29.2 Å². The van der Waals surface area contributed by atoms with Gasteiger partial charge in [0.05, 0.1) is 0 Å². The molecule has 2 aliphatic heterocycles. The Labute approximate surface area is 184 Å². The lowest BCUT2D eigenvalue weighted by atomic mass is 10.1. The van der Waals surface area contributed by atoms with Gasteiger partial charge in [-0.25, -0.2) is 4.98 Å². The Hall–Kier alpha value is -2.32. The monoisotopic (exact) mass is 449 g/mol. The molecule has 1 fully saturated rings. The fraction of sp³-hybridized carbons (Fsp3) is 0.476. The first kappa shape index (κ1) is 20.9. The molecule has 4 rings (SSSR count). The molecule has 7 nitrogen and oxygen atoms in total. The molecule has 1 unspecified atom stereocenters. The van der Waals surface area contributed by atoms with E-state index in [4.69, 9.17) is 21.1 Å². The summed E-state index contributed by atoms with van der Waals surface area (Å²) in [4.78, 5) is 34.5. The normalized spacial score (nSPS) is 18.6. The number of nitrogens with zero attached hydrogens (tertiary/aromatic N) is 3. The lowest BCUT2D eigenvalue weighted by molar-refractivity contribution is -0.142. The van der Waals surface area contributed by atoms with E-state index >= 15 is 0 Å². The zero-order valence-electron chi connectivity index (χ0n) is 17.0. The molecule has 30 heavy (non-hydrogen) atoms. The maximum Gasteiger partial charge on any atom is 0.273 e. The Morgan fingerprint density at radius 2 is 1.83 bits per heavy atom. The van der Waals surface area contributed by atoms with E-state index in [1.54, 1.807) is 15.9 Å². The van der Waals surface area contributed by atoms with Crippen molar-refractivity contribution in [2.45, 2.75) is 26.4 Å². The van der Waals surface area contributed by atoms with Gasteiger partial charge < -0.3 is 19.3 Å². The molecule has 2 aromatic rings. The number of ether oxygens (including phenoxy) is 2. The molecule has 0 saturated carbocycles. The first-order chi connectivity index (χ1) is 14.4. The predicted molar refractivity (Wildman–Crippen MR) is 115 cm³/mol. The predicted octanol–water partition coefficient (Wildman–Crippen LogP) is 3.12. The van der Waals surface area contributed by atoms with Gasteiger partial charge in [-0.1, -0.05) is 37.6 Å². The first-order valence-corrected chi connectivity index (χ1v) is 11.2. The van der Waals surface area contributed by atoms with Crippen molar-refractivity contribution >= 4 is 34.8 Å². The van der Waals surface area contributed by atoms with Crippen LogP contribution >= 0.6 is 22.9 Å². The molecule has 3 heterocycles. The van der Waals surface area contributed by atoms with Gasteiger partial charge in [0.1, 0.15) is 12.3 Å². The second kappa shape index (κ2) is 8.81. The average molecular weight is 450 g/mol. The molecule has 1 aromatic carbocycles. The number of rotatable bonds is 4. The summed E-state index contributed by atoms with van der Waals surface area (Å²) in [6.07, 6.45) is 0.0989. The lowest BCUT2D eigenvalue weighted by Crippen LogP contribution is -2.55. The number of aromatic nitrogens is 1. The van der Waals surface area contributed by atoms with Crippen LogP contribution in [0.25, 0.3) is 0 Å². The fourth-order valence-electron chi connectivity index (χ4n) is 3.62. The Kier molecular flexibility index (Phi) is 6.15. The minimum atomic E-state index is -0.669. The van der Waals surface area contributed by atoms with E-state index in [2.05, 4.69) is 18.8 Å². The molecule has 1 aromatic heterocycles. The molecule has 0 bridgehead atoms. The van der Waals surface area contributed by atoms with Gasteiger partial charge in [0.25, 0.3) is 11.8 Å². The quantitative estimate of drug-likeness (QED) is 0.717. The van der Waals surface area contributed by atoms with Crippen molar-refractivity contribution in [3.63, 3.8) is 0 Å². The minimum Gasteiger partial charge on any atom is -0.485 e. The molecule has 0 aliphatic carbocycles. The number of carbonyl (C=O) groups excluding carboxylic acids is 2. The average Bonchev–Trinajstić information content (AvgIpc) is 3.11. The standard InChI is InChI=1S/C21H24ClN3O4S/c1-13(2)11-17-18(23-21(22)30-17)20(27)25-9-7-24(8-10-25)19(26)16-12-28-14-5-3-4-6-15(14)29-16/h3-6,13,16H,7-12H2,1-2H3. The van der Waals surface area contributed by atoms with Gasteiger partial charge >= 0.3 is 0 Å². The zero-order chi connectivity index (χ0) is 21.3. The topological polar surface area (TPSA) is 72.0 Å². The van der Waals surface area contributed by atoms with E-state index in [1.165, 1.54) is 11.3 Å². The van der Waals surface area contributed by atoms with E-state index in [0.29, 0.717) is 53.8 Å². The number of benzene rings is 1. The number of halogens is 1. The van der Waals surface area contributed by atoms with Crippen LogP contribution in [0.15, 0.2) is 24.3 Å². The van der Waals surface area contributed by atoms with E-state index in [1.807, 2.05) is 18.2 Å². The third kappa shape index (κ3) is 4.39. The smallest absolute Gasteiger partial charge is 0.273 e. The number of hydrogen-bond acceptors (Lipinski definition) is 6. The highest BCUT2D eigenvalue weighted by atomic mass is 35.5. The molecule has 0 N–H and O–H groups in total. The van der Waals surface area contributed by atoms with E-state index < -0.39 is 6.10 Å². The Morgan fingerprint density at radius 3 is 2.53 bits per heavy atom. The number of piperazine rings is 1. The SMILES string of the molecule is CC(C)Cc1sc(Cl)nc1C(=O)N1CCN(C(=O)C2COc3ccccc3O2)CC1. The molecule has 1 saturated heterocycles. The second-order valence-corrected chi connectivity index (χ2v) is 9.48. The van der Waals surface area contributed by atoms with Crippen LogP contribution in [0, 0.1) is 5.92 Å². The Bertz CT molecular complexity index is 940. The summed E-state index contributed by atoms with van der Waals surface area (Å²) in [5.41, 5.74) is 0.444. The van der Waals surface area contributed by atoms with Gasteiger partial charge in [-0.05, 0) is 24.5 Å². The van der Waals surface area contributed by atoms with Crippen LogP contribution in [0.2, 0.25) is 4.47 Å². The molecule has 9 heteroatoms. The van der Waals surface area contributed by atoms with Crippen molar-refractivity contribution in [3.8, 4) is 11.5 Å². The van der Waals surface area contributed by atoms with Crippen molar-refractivity contribution in [1.29, 1.82) is 0 Å². The second-order valence-electron chi connectivity index (χ2n) is 7.82. The van der Waals surface area contributed by atoms with Crippen LogP contribution < -0.4 is 9.47 Å². The van der Waals surface area contributed by atoms with Crippen molar-refractivity contribution < 1.29 is 19.1 Å². The minimum absolute atomic E-state index is 0.117. The molecule has 0 radical (unpaired) electrons. The number of amides is 2. The maximum absolute atomic E-state index is 13.0. The van der Waals surface area contributed by atoms with Crippen molar-refractivity contribution in [2.75, 3.05) is 32.8 Å². The Morgan fingerprint density at radius 1 is 1.17 bits per heavy atom. The van der Waals surface area contributed by atoms with E-state index in [9.17, 15) is 9.59 Å². The molecule has 2 amide bonds. The highest BCUT2D eigenvalue weighted by molar-refractivity contribution is 7.16. The van der Waals surface area contributed by atoms with Gasteiger partial charge in [-0.15, -0.1) is 11.3 Å². The largest absolute Gasteiger partial charge is 0.485 e. The summed E-state index contributed by atoms with van der Waals surface area (Å²) >= 11 is 7.44. The van der Waals surface area contributed by atoms with E-state index in [-0.39, 0.29) is 18.4 Å². The molecule has 2 aliphatic rings. The number of hydrogen-bond donors (Lipinski definition) is 0. The third-order valence-corrected chi connectivity index (χ3v) is 6.31. The van der Waals surface area contributed by atoms with Gasteiger partial charge in [0.15, 0.2) is 16.0 Å². The van der Waals surface area contributed by atoms with Crippen LogP contribution in [0.4, 0.5) is 0 Å². The maximum atomic E-state index is 13.0. The highest BCUT2D eigenvalue weighted by Gasteiger charge is 2.34. The fourth-order valence-corrected chi connectivity index (χ4v) is 4.97. The Balaban J connectivity index is 1.36. The van der Waals surface area contributed by atoms with Crippen LogP contribution in [0.5, 0.6) is 11.5 Å². The first-order valence-electron chi connectivity index (χ1n) is 10.0. The number of fused-ring (bicyclic) bond motifs is 1. The summed E-state index contributed by atoms with van der Waals surface area (Å²) in [5, 5.41) is 0. The van der Waals surface area contributed by atoms with Crippen molar-refractivity contribution in [3.05, 3.63) is 39.3 Å². The zero-order valence-corrected chi connectivity index (χ0v) is 18.5. The van der Waals surface area contributed by atoms with Crippen LogP contribution in [0.3, 0.4) is 0 Å². The molecular weight excluding hydrogens is 426 g/mol. The van der Waals surface area contributed by atoms with Gasteiger partial charge in [0, 0.05) is 31.1 Å². The third-order valence-electron chi connectivity index (χ3n) is 5.13. The van der Waals surface area contributed by atoms with Gasteiger partial charge in [0.2, 0.25) is 6.10 Å². The highest BCUT2D eigenvalue weighted by Crippen LogP contribution is 2.31. The molecular formula is C21H24ClN3O4S. The number of thiazole rings is 1. The van der Waals surface area contributed by atoms with E-state index in [0.717, 1.165) is 11.3 Å². The van der Waals surface area contributed by atoms with Crippen LogP contribution in [-0.2, 0) is 11.2 Å². The lowest BCUT2D eigenvalue weighted by Gasteiger charge is -2.37. The van der Waals surface area contributed by atoms with Crippen molar-refractivity contribution in [1.82, 2.24) is 14.8 Å². The molecule has 160 valence electrons. The van der Waals surface area contributed by atoms with Crippen LogP contribution in [-0.4, -0.2) is 65.5 Å².